The fourth-order valence-electron chi connectivity index (χ4n) is 2.37. The summed E-state index contributed by atoms with van der Waals surface area (Å²) in [5.41, 5.74) is 0.239. The molecular weight excluding hydrogens is 361 g/mol. The predicted octanol–water partition coefficient (Wildman–Crippen LogP) is 2.75. The highest BCUT2D eigenvalue weighted by Crippen LogP contribution is 2.29. The lowest BCUT2D eigenvalue weighted by atomic mass is 10.1. The smallest absolute Gasteiger partial charge is 0.387 e. The van der Waals surface area contributed by atoms with Crippen molar-refractivity contribution < 1.29 is 23.1 Å². The SMILES string of the molecule is O=C(NCC(O)c1ccc(C(F)(F)F)cc1)c1cn(-c2ccccc2)nn1. The summed E-state index contributed by atoms with van der Waals surface area (Å²) in [5.74, 6) is -0.553. The highest BCUT2D eigenvalue weighted by Gasteiger charge is 2.30. The van der Waals surface area contributed by atoms with Crippen LogP contribution >= 0.6 is 0 Å². The molecule has 2 aromatic carbocycles. The third-order valence-electron chi connectivity index (χ3n) is 3.83. The summed E-state index contributed by atoms with van der Waals surface area (Å²) in [6.45, 7) is -0.178. The van der Waals surface area contributed by atoms with Gasteiger partial charge >= 0.3 is 6.18 Å². The average Bonchev–Trinajstić information content (AvgIpc) is 3.16. The molecule has 0 aliphatic carbocycles. The number of amides is 1. The Bertz CT molecular complexity index is 908. The van der Waals surface area contributed by atoms with Gasteiger partial charge in [0.15, 0.2) is 5.69 Å². The monoisotopic (exact) mass is 376 g/mol. The Morgan fingerprint density at radius 3 is 2.41 bits per heavy atom. The molecule has 27 heavy (non-hydrogen) atoms. The number of hydrogen-bond donors (Lipinski definition) is 2. The van der Waals surface area contributed by atoms with Gasteiger partial charge in [0.25, 0.3) is 5.91 Å². The minimum Gasteiger partial charge on any atom is -0.387 e. The van der Waals surface area contributed by atoms with Gasteiger partial charge in [-0.1, -0.05) is 35.5 Å². The summed E-state index contributed by atoms with van der Waals surface area (Å²) in [5, 5.41) is 20.2. The Kier molecular flexibility index (Phi) is 5.22. The van der Waals surface area contributed by atoms with Crippen LogP contribution in [0, 0.1) is 0 Å². The molecule has 0 radical (unpaired) electrons. The van der Waals surface area contributed by atoms with Crippen molar-refractivity contribution in [2.45, 2.75) is 12.3 Å². The molecule has 2 N–H and O–H groups in total. The first-order valence-corrected chi connectivity index (χ1v) is 7.96. The molecule has 1 heterocycles. The van der Waals surface area contributed by atoms with E-state index in [-0.39, 0.29) is 17.8 Å². The van der Waals surface area contributed by atoms with Crippen LogP contribution in [0.15, 0.2) is 60.8 Å². The van der Waals surface area contributed by atoms with Gasteiger partial charge in [-0.15, -0.1) is 5.10 Å². The molecule has 0 spiro atoms. The van der Waals surface area contributed by atoms with E-state index >= 15 is 0 Å². The van der Waals surface area contributed by atoms with Crippen molar-refractivity contribution in [3.63, 3.8) is 0 Å². The number of hydrogen-bond acceptors (Lipinski definition) is 4. The lowest BCUT2D eigenvalue weighted by molar-refractivity contribution is -0.137. The summed E-state index contributed by atoms with van der Waals surface area (Å²) in [6, 6.07) is 13.2. The zero-order chi connectivity index (χ0) is 19.4. The van der Waals surface area contributed by atoms with Crippen LogP contribution in [0.4, 0.5) is 13.2 Å². The number of aliphatic hydroxyl groups is 1. The van der Waals surface area contributed by atoms with E-state index in [1.165, 1.54) is 23.0 Å². The van der Waals surface area contributed by atoms with Crippen LogP contribution in [0.3, 0.4) is 0 Å². The fraction of sp³-hybridized carbons (Fsp3) is 0.167. The van der Waals surface area contributed by atoms with Gasteiger partial charge in [-0.05, 0) is 29.8 Å². The van der Waals surface area contributed by atoms with E-state index in [0.29, 0.717) is 0 Å². The normalized spacial score (nSPS) is 12.6. The number of alkyl halides is 3. The third-order valence-corrected chi connectivity index (χ3v) is 3.83. The van der Waals surface area contributed by atoms with Crippen molar-refractivity contribution in [2.75, 3.05) is 6.54 Å². The number of carbonyl (C=O) groups excluding carboxylic acids is 1. The molecule has 9 heteroatoms. The number of benzene rings is 2. The molecule has 0 saturated heterocycles. The number of halogens is 3. The van der Waals surface area contributed by atoms with E-state index in [4.69, 9.17) is 0 Å². The molecule has 0 saturated carbocycles. The molecule has 3 rings (SSSR count). The van der Waals surface area contributed by atoms with Crippen molar-refractivity contribution in [1.82, 2.24) is 20.3 Å². The quantitative estimate of drug-likeness (QED) is 0.718. The summed E-state index contributed by atoms with van der Waals surface area (Å²) < 4.78 is 39.1. The lowest BCUT2D eigenvalue weighted by Gasteiger charge is -2.13. The van der Waals surface area contributed by atoms with Crippen LogP contribution in [0.2, 0.25) is 0 Å². The number of para-hydroxylation sites is 1. The third kappa shape index (κ3) is 4.50. The first-order valence-electron chi connectivity index (χ1n) is 7.96. The van der Waals surface area contributed by atoms with Crippen molar-refractivity contribution in [2.24, 2.45) is 0 Å². The van der Waals surface area contributed by atoms with Crippen LogP contribution < -0.4 is 5.32 Å². The van der Waals surface area contributed by atoms with E-state index in [9.17, 15) is 23.1 Å². The van der Waals surface area contributed by atoms with Crippen LogP contribution in [-0.4, -0.2) is 32.6 Å². The molecule has 1 unspecified atom stereocenters. The van der Waals surface area contributed by atoms with Crippen LogP contribution in [-0.2, 0) is 6.18 Å². The van der Waals surface area contributed by atoms with E-state index in [2.05, 4.69) is 15.6 Å². The Labute approximate surface area is 152 Å². The van der Waals surface area contributed by atoms with E-state index in [0.717, 1.165) is 17.8 Å². The van der Waals surface area contributed by atoms with Crippen LogP contribution in [0.1, 0.15) is 27.7 Å². The van der Waals surface area contributed by atoms with Gasteiger partial charge in [0, 0.05) is 6.54 Å². The topological polar surface area (TPSA) is 80.0 Å². The van der Waals surface area contributed by atoms with Gasteiger partial charge in [-0.2, -0.15) is 13.2 Å². The average molecular weight is 376 g/mol. The molecule has 0 aliphatic rings. The molecule has 1 atom stereocenters. The minimum atomic E-state index is -4.44. The zero-order valence-corrected chi connectivity index (χ0v) is 13.9. The predicted molar refractivity (Wildman–Crippen MR) is 90.1 cm³/mol. The van der Waals surface area contributed by atoms with Crippen molar-refractivity contribution in [3.8, 4) is 5.69 Å². The van der Waals surface area contributed by atoms with Crippen LogP contribution in [0.25, 0.3) is 5.69 Å². The maximum absolute atomic E-state index is 12.6. The van der Waals surface area contributed by atoms with Gasteiger partial charge in [0.05, 0.1) is 23.6 Å². The van der Waals surface area contributed by atoms with Gasteiger partial charge < -0.3 is 10.4 Å². The second kappa shape index (κ2) is 7.58. The Morgan fingerprint density at radius 2 is 1.78 bits per heavy atom. The summed E-state index contributed by atoms with van der Waals surface area (Å²) in [7, 11) is 0. The molecule has 140 valence electrons. The maximum Gasteiger partial charge on any atom is 0.416 e. The molecule has 6 nitrogen and oxygen atoms in total. The van der Waals surface area contributed by atoms with Gasteiger partial charge in [-0.3, -0.25) is 4.79 Å². The van der Waals surface area contributed by atoms with Crippen LogP contribution in [0.5, 0.6) is 0 Å². The number of carbonyl (C=O) groups is 1. The number of nitrogens with one attached hydrogen (secondary N) is 1. The second-order valence-electron chi connectivity index (χ2n) is 5.73. The number of nitrogens with zero attached hydrogens (tertiary/aromatic N) is 3. The first-order chi connectivity index (χ1) is 12.8. The number of aromatic nitrogens is 3. The number of rotatable bonds is 5. The molecule has 0 fully saturated rings. The molecule has 1 amide bonds. The summed E-state index contributed by atoms with van der Waals surface area (Å²) >= 11 is 0. The minimum absolute atomic E-state index is 0.0541. The molecule has 0 aliphatic heterocycles. The first kappa shape index (κ1) is 18.6. The summed E-state index contributed by atoms with van der Waals surface area (Å²) in [4.78, 5) is 12.1. The Hall–Kier alpha value is -3.20. The van der Waals surface area contributed by atoms with Gasteiger partial charge in [-0.25, -0.2) is 4.68 Å². The van der Waals surface area contributed by atoms with Crippen molar-refractivity contribution in [1.29, 1.82) is 0 Å². The molecule has 3 aromatic rings. The Balaban J connectivity index is 1.60. The Morgan fingerprint density at radius 1 is 1.11 bits per heavy atom. The second-order valence-corrected chi connectivity index (χ2v) is 5.73. The van der Waals surface area contributed by atoms with Gasteiger partial charge in [0.1, 0.15) is 0 Å². The van der Waals surface area contributed by atoms with E-state index in [1.54, 1.807) is 12.1 Å². The maximum atomic E-state index is 12.6. The molecular formula is C18H15F3N4O2. The fourth-order valence-corrected chi connectivity index (χ4v) is 2.37. The lowest BCUT2D eigenvalue weighted by Crippen LogP contribution is -2.28. The largest absolute Gasteiger partial charge is 0.416 e. The van der Waals surface area contributed by atoms with Crippen molar-refractivity contribution >= 4 is 5.91 Å². The standard InChI is InChI=1S/C18H15F3N4O2/c19-18(20,21)13-8-6-12(7-9-13)16(26)10-22-17(27)15-11-25(24-23-15)14-4-2-1-3-5-14/h1-9,11,16,26H,10H2,(H,22,27). The van der Waals surface area contributed by atoms with Crippen molar-refractivity contribution in [3.05, 3.63) is 77.6 Å². The zero-order valence-electron chi connectivity index (χ0n) is 13.9. The van der Waals surface area contributed by atoms with E-state index in [1.807, 2.05) is 18.2 Å². The summed E-state index contributed by atoms with van der Waals surface area (Å²) in [6.07, 6.45) is -4.15. The molecule has 1 aromatic heterocycles. The highest BCUT2D eigenvalue weighted by molar-refractivity contribution is 5.91. The van der Waals surface area contributed by atoms with Gasteiger partial charge in [0.2, 0.25) is 0 Å². The number of aliphatic hydroxyl groups excluding tert-OH is 1. The molecule has 0 bridgehead atoms. The van der Waals surface area contributed by atoms with E-state index < -0.39 is 23.8 Å². The highest BCUT2D eigenvalue weighted by atomic mass is 19.4.